The topological polar surface area (TPSA) is 78.4 Å². The van der Waals surface area contributed by atoms with Crippen molar-refractivity contribution in [2.45, 2.75) is 70.3 Å². The van der Waals surface area contributed by atoms with Crippen LogP contribution < -0.4 is 10.6 Å². The van der Waals surface area contributed by atoms with E-state index < -0.39 is 11.5 Å². The molecule has 3 N–H and O–H groups in total. The van der Waals surface area contributed by atoms with E-state index in [4.69, 9.17) is 5.11 Å². The summed E-state index contributed by atoms with van der Waals surface area (Å²) < 4.78 is 0. The molecule has 0 aromatic heterocycles. The molecule has 2 aliphatic rings. The summed E-state index contributed by atoms with van der Waals surface area (Å²) in [5.74, 6) is 0.409. The van der Waals surface area contributed by atoms with Crippen molar-refractivity contribution in [3.63, 3.8) is 0 Å². The molecule has 2 fully saturated rings. The van der Waals surface area contributed by atoms with Crippen molar-refractivity contribution in [1.82, 2.24) is 10.6 Å². The van der Waals surface area contributed by atoms with Gasteiger partial charge in [-0.1, -0.05) is 39.0 Å². The first-order valence-corrected chi connectivity index (χ1v) is 8.29. The molecule has 0 spiro atoms. The number of urea groups is 1. The van der Waals surface area contributed by atoms with E-state index in [9.17, 15) is 9.59 Å². The van der Waals surface area contributed by atoms with Crippen molar-refractivity contribution in [1.29, 1.82) is 0 Å². The highest BCUT2D eigenvalue weighted by molar-refractivity contribution is 5.76. The Balaban J connectivity index is 1.84. The molecule has 0 aromatic carbocycles. The zero-order valence-corrected chi connectivity index (χ0v) is 13.0. The van der Waals surface area contributed by atoms with Crippen LogP contribution in [0.3, 0.4) is 0 Å². The van der Waals surface area contributed by atoms with Gasteiger partial charge >= 0.3 is 12.0 Å². The Morgan fingerprint density at radius 3 is 2.43 bits per heavy atom. The summed E-state index contributed by atoms with van der Waals surface area (Å²) in [5, 5.41) is 15.0. The molecule has 0 bridgehead atoms. The lowest BCUT2D eigenvalue weighted by atomic mass is 9.79. The molecule has 2 saturated carbocycles. The van der Waals surface area contributed by atoms with Gasteiger partial charge in [0.05, 0.1) is 12.0 Å². The maximum Gasteiger partial charge on any atom is 0.315 e. The maximum atomic E-state index is 12.1. The lowest BCUT2D eigenvalue weighted by molar-refractivity contribution is -0.139. The van der Waals surface area contributed by atoms with Crippen LogP contribution in [0, 0.1) is 11.8 Å². The molecule has 2 atom stereocenters. The Morgan fingerprint density at radius 1 is 1.14 bits per heavy atom. The second-order valence-electron chi connectivity index (χ2n) is 6.91. The first-order valence-electron chi connectivity index (χ1n) is 8.29. The smallest absolute Gasteiger partial charge is 0.315 e. The average molecular weight is 296 g/mol. The number of carboxylic acids is 1. The van der Waals surface area contributed by atoms with Crippen molar-refractivity contribution in [3.8, 4) is 0 Å². The molecule has 0 aromatic rings. The van der Waals surface area contributed by atoms with Gasteiger partial charge in [0.2, 0.25) is 0 Å². The highest BCUT2D eigenvalue weighted by atomic mass is 16.4. The molecular formula is C16H28N2O3. The largest absolute Gasteiger partial charge is 0.481 e. The minimum absolute atomic E-state index is 0.0280. The number of carbonyl (C=O) groups is 2. The highest BCUT2D eigenvalue weighted by Crippen LogP contribution is 2.32. The number of carboxylic acid groups (broad SMARTS) is 1. The van der Waals surface area contributed by atoms with Crippen molar-refractivity contribution in [3.05, 3.63) is 0 Å². The molecule has 0 aliphatic heterocycles. The normalized spacial score (nSPS) is 28.0. The summed E-state index contributed by atoms with van der Waals surface area (Å²) >= 11 is 0. The van der Waals surface area contributed by atoms with Crippen molar-refractivity contribution < 1.29 is 14.7 Å². The van der Waals surface area contributed by atoms with E-state index >= 15 is 0 Å². The van der Waals surface area contributed by atoms with Gasteiger partial charge in [0.25, 0.3) is 0 Å². The minimum Gasteiger partial charge on any atom is -0.481 e. The third-order valence-corrected chi connectivity index (χ3v) is 5.24. The summed E-state index contributed by atoms with van der Waals surface area (Å²) in [5.41, 5.74) is -0.546. The molecule has 0 heterocycles. The van der Waals surface area contributed by atoms with Gasteiger partial charge in [-0.15, -0.1) is 0 Å². The predicted molar refractivity (Wildman–Crippen MR) is 81.1 cm³/mol. The number of nitrogens with one attached hydrogen (secondary N) is 2. The monoisotopic (exact) mass is 296 g/mol. The molecule has 21 heavy (non-hydrogen) atoms. The first-order chi connectivity index (χ1) is 10.0. The molecule has 5 heteroatoms. The summed E-state index contributed by atoms with van der Waals surface area (Å²) in [6.45, 7) is 2.94. The molecule has 0 saturated heterocycles. The fraction of sp³-hybridized carbons (Fsp3) is 0.875. The van der Waals surface area contributed by atoms with Crippen LogP contribution >= 0.6 is 0 Å². The van der Waals surface area contributed by atoms with E-state index in [1.54, 1.807) is 0 Å². The number of hydrogen-bond donors (Lipinski definition) is 3. The third kappa shape index (κ3) is 4.61. The van der Waals surface area contributed by atoms with Gasteiger partial charge < -0.3 is 15.7 Å². The summed E-state index contributed by atoms with van der Waals surface area (Å²) in [4.78, 5) is 23.2. The summed E-state index contributed by atoms with van der Waals surface area (Å²) in [6.07, 6.45) is 8.36. The molecule has 120 valence electrons. The Hall–Kier alpha value is -1.26. The van der Waals surface area contributed by atoms with E-state index in [0.29, 0.717) is 18.4 Å². The van der Waals surface area contributed by atoms with Gasteiger partial charge in [-0.25, -0.2) is 4.79 Å². The second-order valence-corrected chi connectivity index (χ2v) is 6.91. The van der Waals surface area contributed by atoms with Gasteiger partial charge in [-0.05, 0) is 31.1 Å². The molecule has 2 aliphatic carbocycles. The molecule has 5 nitrogen and oxygen atoms in total. The van der Waals surface area contributed by atoms with Crippen LogP contribution in [-0.2, 0) is 4.79 Å². The van der Waals surface area contributed by atoms with Gasteiger partial charge in [0.1, 0.15) is 0 Å². The summed E-state index contributed by atoms with van der Waals surface area (Å²) in [7, 11) is 0. The number of amides is 2. The van der Waals surface area contributed by atoms with Gasteiger partial charge in [-0.2, -0.15) is 0 Å². The van der Waals surface area contributed by atoms with Crippen LogP contribution in [0.4, 0.5) is 4.79 Å². The molecule has 2 rings (SSSR count). The third-order valence-electron chi connectivity index (χ3n) is 5.24. The summed E-state index contributed by atoms with van der Waals surface area (Å²) in [6, 6.07) is -0.197. The molecule has 0 radical (unpaired) electrons. The predicted octanol–water partition coefficient (Wildman–Crippen LogP) is 2.90. The van der Waals surface area contributed by atoms with Crippen LogP contribution in [0.15, 0.2) is 0 Å². The standard InChI is InChI=1S/C16H28N2O3/c1-12-6-5-7-13(12)11-17-15(21)18-16(10-14(19)20)8-3-2-4-9-16/h12-13H,2-11H2,1H3,(H,19,20)(H2,17,18,21). The van der Waals surface area contributed by atoms with E-state index in [-0.39, 0.29) is 12.5 Å². The molecule has 2 unspecified atom stereocenters. The number of carbonyl (C=O) groups excluding carboxylic acids is 1. The van der Waals surface area contributed by atoms with Gasteiger partial charge in [0, 0.05) is 6.54 Å². The Labute approximate surface area is 126 Å². The Bertz CT molecular complexity index is 378. The lowest BCUT2D eigenvalue weighted by Crippen LogP contribution is -2.54. The van der Waals surface area contributed by atoms with E-state index in [0.717, 1.165) is 32.1 Å². The molecular weight excluding hydrogens is 268 g/mol. The second kappa shape index (κ2) is 7.14. The SMILES string of the molecule is CC1CCCC1CNC(=O)NC1(CC(=O)O)CCCCC1. The Morgan fingerprint density at radius 2 is 1.86 bits per heavy atom. The van der Waals surface area contributed by atoms with Gasteiger partial charge in [-0.3, -0.25) is 4.79 Å². The van der Waals surface area contributed by atoms with Crippen LogP contribution in [0.2, 0.25) is 0 Å². The zero-order chi connectivity index (χ0) is 15.3. The number of aliphatic carboxylic acids is 1. The zero-order valence-electron chi connectivity index (χ0n) is 13.0. The van der Waals surface area contributed by atoms with Gasteiger partial charge in [0.15, 0.2) is 0 Å². The number of rotatable bonds is 5. The van der Waals surface area contributed by atoms with E-state index in [2.05, 4.69) is 17.6 Å². The maximum absolute atomic E-state index is 12.1. The van der Waals surface area contributed by atoms with Crippen molar-refractivity contribution >= 4 is 12.0 Å². The van der Waals surface area contributed by atoms with E-state index in [1.165, 1.54) is 19.3 Å². The Kier molecular flexibility index (Phi) is 5.48. The fourth-order valence-electron chi connectivity index (χ4n) is 3.90. The van der Waals surface area contributed by atoms with Crippen LogP contribution in [0.25, 0.3) is 0 Å². The van der Waals surface area contributed by atoms with E-state index in [1.807, 2.05) is 0 Å². The van der Waals surface area contributed by atoms with Crippen molar-refractivity contribution in [2.24, 2.45) is 11.8 Å². The average Bonchev–Trinajstić information content (AvgIpc) is 2.82. The van der Waals surface area contributed by atoms with Crippen LogP contribution in [0.1, 0.15) is 64.7 Å². The van der Waals surface area contributed by atoms with Crippen molar-refractivity contribution in [2.75, 3.05) is 6.54 Å². The number of hydrogen-bond acceptors (Lipinski definition) is 2. The van der Waals surface area contributed by atoms with Crippen LogP contribution in [0.5, 0.6) is 0 Å². The lowest BCUT2D eigenvalue weighted by Gasteiger charge is -2.37. The minimum atomic E-state index is -0.832. The quantitative estimate of drug-likeness (QED) is 0.730. The first kappa shape index (κ1) is 16.1. The fourth-order valence-corrected chi connectivity index (χ4v) is 3.90. The highest BCUT2D eigenvalue weighted by Gasteiger charge is 2.36. The molecule has 2 amide bonds. The van der Waals surface area contributed by atoms with Crippen LogP contribution in [-0.4, -0.2) is 29.2 Å².